The lowest BCUT2D eigenvalue weighted by atomic mass is 9.68. The highest BCUT2D eigenvalue weighted by Gasteiger charge is 2.41. The molecule has 2 heterocycles. The van der Waals surface area contributed by atoms with Crippen molar-refractivity contribution in [2.75, 3.05) is 11.4 Å². The zero-order valence-electron chi connectivity index (χ0n) is 21.1. The number of anilines is 1. The lowest BCUT2D eigenvalue weighted by molar-refractivity contribution is -0.131. The maximum absolute atomic E-state index is 14.1. The first-order valence-electron chi connectivity index (χ1n) is 12.8. The van der Waals surface area contributed by atoms with E-state index in [-0.39, 0.29) is 17.7 Å². The molecule has 0 amide bonds. The molecule has 190 valence electrons. The minimum atomic E-state index is -0.971. The number of aliphatic carboxylic acids is 1. The van der Waals surface area contributed by atoms with E-state index in [1.54, 1.807) is 6.08 Å². The minimum Gasteiger partial charge on any atom is -0.478 e. The molecular weight excluding hydrogens is 485 g/mol. The Labute approximate surface area is 222 Å². The molecule has 0 radical (unpaired) electrons. The van der Waals surface area contributed by atoms with Crippen molar-refractivity contribution in [3.05, 3.63) is 111 Å². The first-order chi connectivity index (χ1) is 17.8. The number of hydrogen-bond donors (Lipinski definition) is 1. The van der Waals surface area contributed by atoms with Crippen molar-refractivity contribution in [3.63, 3.8) is 0 Å². The van der Waals surface area contributed by atoms with E-state index >= 15 is 0 Å². The SMILES string of the molecule is CC(C)CC(c1ccc(F)cc1Cl)C(C1=Cc2ccccc2N2CCC12)c1ccc(/C=C/C(=O)O)cc1. The highest BCUT2D eigenvalue weighted by atomic mass is 35.5. The molecule has 37 heavy (non-hydrogen) atoms. The summed E-state index contributed by atoms with van der Waals surface area (Å²) in [5.41, 5.74) is 6.78. The van der Waals surface area contributed by atoms with Gasteiger partial charge in [0.25, 0.3) is 0 Å². The molecule has 2 aliphatic rings. The van der Waals surface area contributed by atoms with Gasteiger partial charge in [0.15, 0.2) is 0 Å². The second-order valence-corrected chi connectivity index (χ2v) is 10.8. The van der Waals surface area contributed by atoms with Crippen LogP contribution in [0.3, 0.4) is 0 Å². The van der Waals surface area contributed by atoms with Crippen molar-refractivity contribution in [1.82, 2.24) is 0 Å². The van der Waals surface area contributed by atoms with Crippen LogP contribution < -0.4 is 4.90 Å². The molecule has 0 spiro atoms. The molecule has 0 aliphatic carbocycles. The number of carbonyl (C=O) groups is 1. The second kappa shape index (κ2) is 10.5. The fourth-order valence-corrected chi connectivity index (χ4v) is 6.17. The van der Waals surface area contributed by atoms with Gasteiger partial charge in [-0.1, -0.05) is 80.1 Å². The van der Waals surface area contributed by atoms with Crippen LogP contribution in [0, 0.1) is 11.7 Å². The van der Waals surface area contributed by atoms with Crippen LogP contribution in [-0.2, 0) is 4.79 Å². The maximum Gasteiger partial charge on any atom is 0.328 e. The van der Waals surface area contributed by atoms with Crippen molar-refractivity contribution < 1.29 is 14.3 Å². The van der Waals surface area contributed by atoms with E-state index in [0.717, 1.165) is 42.2 Å². The molecule has 1 saturated heterocycles. The predicted molar refractivity (Wildman–Crippen MR) is 150 cm³/mol. The van der Waals surface area contributed by atoms with E-state index in [2.05, 4.69) is 61.2 Å². The van der Waals surface area contributed by atoms with Crippen LogP contribution >= 0.6 is 11.6 Å². The third-order valence-electron chi connectivity index (χ3n) is 7.54. The summed E-state index contributed by atoms with van der Waals surface area (Å²) >= 11 is 6.70. The quantitative estimate of drug-likeness (QED) is 0.307. The van der Waals surface area contributed by atoms with Crippen LogP contribution in [0.1, 0.15) is 60.8 Å². The minimum absolute atomic E-state index is 0.0315. The number of carboxylic acids is 1. The van der Waals surface area contributed by atoms with Crippen molar-refractivity contribution >= 4 is 35.4 Å². The normalized spacial score (nSPS) is 18.1. The van der Waals surface area contributed by atoms with Gasteiger partial charge in [-0.15, -0.1) is 0 Å². The molecule has 1 N–H and O–H groups in total. The summed E-state index contributed by atoms with van der Waals surface area (Å²) in [6.45, 7) is 5.44. The summed E-state index contributed by atoms with van der Waals surface area (Å²) in [7, 11) is 0. The Kier molecular flexibility index (Phi) is 7.21. The van der Waals surface area contributed by atoms with E-state index < -0.39 is 5.97 Å². The molecule has 5 rings (SSSR count). The molecule has 0 aromatic heterocycles. The molecule has 5 heteroatoms. The van der Waals surface area contributed by atoms with Crippen molar-refractivity contribution in [1.29, 1.82) is 0 Å². The molecule has 1 fully saturated rings. The number of halogens is 2. The van der Waals surface area contributed by atoms with Crippen LogP contribution in [0.5, 0.6) is 0 Å². The van der Waals surface area contributed by atoms with Gasteiger partial charge < -0.3 is 10.0 Å². The van der Waals surface area contributed by atoms with Gasteiger partial charge in [0.05, 0.1) is 6.04 Å². The molecule has 3 aromatic rings. The average molecular weight is 516 g/mol. The Balaban J connectivity index is 1.67. The third kappa shape index (κ3) is 5.21. The zero-order chi connectivity index (χ0) is 26.1. The van der Waals surface area contributed by atoms with Gasteiger partial charge >= 0.3 is 5.97 Å². The highest BCUT2D eigenvalue weighted by Crippen LogP contribution is 2.51. The number of benzene rings is 3. The van der Waals surface area contributed by atoms with Crippen molar-refractivity contribution in [2.24, 2.45) is 5.92 Å². The summed E-state index contributed by atoms with van der Waals surface area (Å²) in [4.78, 5) is 13.5. The molecule has 0 saturated carbocycles. The van der Waals surface area contributed by atoms with Crippen LogP contribution in [0.4, 0.5) is 10.1 Å². The molecule has 3 nitrogen and oxygen atoms in total. The van der Waals surface area contributed by atoms with Gasteiger partial charge in [-0.25, -0.2) is 9.18 Å². The number of para-hydroxylation sites is 1. The largest absolute Gasteiger partial charge is 0.478 e. The van der Waals surface area contributed by atoms with Crippen LogP contribution in [0.2, 0.25) is 5.02 Å². The van der Waals surface area contributed by atoms with E-state index in [1.807, 2.05) is 18.2 Å². The van der Waals surface area contributed by atoms with E-state index in [1.165, 1.54) is 29.0 Å². The summed E-state index contributed by atoms with van der Waals surface area (Å²) < 4.78 is 14.1. The topological polar surface area (TPSA) is 40.5 Å². The average Bonchev–Trinajstić information content (AvgIpc) is 2.83. The van der Waals surface area contributed by atoms with Crippen LogP contribution in [0.15, 0.2) is 78.4 Å². The Morgan fingerprint density at radius 3 is 2.54 bits per heavy atom. The smallest absolute Gasteiger partial charge is 0.328 e. The fraction of sp³-hybridized carbons (Fsp3) is 0.281. The molecule has 3 unspecified atom stereocenters. The number of nitrogens with zero attached hydrogens (tertiary/aromatic N) is 1. The summed E-state index contributed by atoms with van der Waals surface area (Å²) in [5, 5.41) is 9.48. The molecule has 3 atom stereocenters. The lowest BCUT2D eigenvalue weighted by Gasteiger charge is -2.50. The van der Waals surface area contributed by atoms with Crippen molar-refractivity contribution in [2.45, 2.75) is 44.6 Å². The van der Waals surface area contributed by atoms with Gasteiger partial charge in [0.1, 0.15) is 5.82 Å². The maximum atomic E-state index is 14.1. The lowest BCUT2D eigenvalue weighted by Crippen LogP contribution is -2.52. The summed E-state index contributed by atoms with van der Waals surface area (Å²) in [6, 6.07) is 21.7. The zero-order valence-corrected chi connectivity index (χ0v) is 21.8. The monoisotopic (exact) mass is 515 g/mol. The van der Waals surface area contributed by atoms with E-state index in [0.29, 0.717) is 17.0 Å². The standard InChI is InChI=1S/C32H31ClFNO2/c1-20(2)17-26(25-13-12-24(34)19-28(25)33)32(22-10-7-21(8-11-22)9-14-31(36)37)27-18-23-5-3-4-6-29(23)35-16-15-30(27)35/h3-14,18-20,26,30,32H,15-17H2,1-2H3,(H,36,37)/b14-9+. The molecule has 3 aromatic carbocycles. The van der Waals surface area contributed by atoms with Crippen LogP contribution in [0.25, 0.3) is 12.2 Å². The molecule has 0 bridgehead atoms. The predicted octanol–water partition coefficient (Wildman–Crippen LogP) is 8.17. The Bertz CT molecular complexity index is 1360. The Hall–Kier alpha value is -3.37. The second-order valence-electron chi connectivity index (χ2n) is 10.4. The van der Waals surface area contributed by atoms with Crippen LogP contribution in [-0.4, -0.2) is 23.7 Å². The first-order valence-corrected chi connectivity index (χ1v) is 13.2. The third-order valence-corrected chi connectivity index (χ3v) is 7.86. The molecule has 2 aliphatic heterocycles. The fourth-order valence-electron chi connectivity index (χ4n) is 5.86. The highest BCUT2D eigenvalue weighted by molar-refractivity contribution is 6.31. The van der Waals surface area contributed by atoms with Gasteiger partial charge in [0, 0.05) is 29.2 Å². The Morgan fingerprint density at radius 2 is 1.89 bits per heavy atom. The van der Waals surface area contributed by atoms with E-state index in [4.69, 9.17) is 16.7 Å². The summed E-state index contributed by atoms with van der Waals surface area (Å²) in [6.07, 6.45) is 7.08. The number of carboxylic acid groups (broad SMARTS) is 1. The van der Waals surface area contributed by atoms with Gasteiger partial charge in [-0.05, 0) is 76.8 Å². The number of hydrogen-bond acceptors (Lipinski definition) is 2. The van der Waals surface area contributed by atoms with Gasteiger partial charge in [-0.2, -0.15) is 0 Å². The Morgan fingerprint density at radius 1 is 1.14 bits per heavy atom. The molecular formula is C32H31ClFNO2. The van der Waals surface area contributed by atoms with Gasteiger partial charge in [-0.3, -0.25) is 0 Å². The first kappa shape index (κ1) is 25.3. The van der Waals surface area contributed by atoms with E-state index in [9.17, 15) is 9.18 Å². The summed E-state index contributed by atoms with van der Waals surface area (Å²) in [5.74, 6) is -0.822. The van der Waals surface area contributed by atoms with Gasteiger partial charge in [0.2, 0.25) is 0 Å². The number of rotatable bonds is 8. The number of fused-ring (bicyclic) bond motifs is 3. The van der Waals surface area contributed by atoms with Crippen molar-refractivity contribution in [3.8, 4) is 0 Å².